The standard InChI is InChI=1S/C12H9BrF2N2/c13-7-1-4-10(16)12(5-7)17-11-6-8(14)2-3-9(11)15/h1-6,17H,16H2. The van der Waals surface area contributed by atoms with E-state index in [0.29, 0.717) is 11.4 Å². The highest BCUT2D eigenvalue weighted by atomic mass is 79.9. The van der Waals surface area contributed by atoms with Crippen molar-refractivity contribution >= 4 is 33.0 Å². The lowest BCUT2D eigenvalue weighted by Gasteiger charge is -2.10. The summed E-state index contributed by atoms with van der Waals surface area (Å²) in [5, 5.41) is 2.75. The van der Waals surface area contributed by atoms with Gasteiger partial charge in [0.2, 0.25) is 0 Å². The highest BCUT2D eigenvalue weighted by Crippen LogP contribution is 2.28. The Morgan fingerprint density at radius 2 is 1.76 bits per heavy atom. The van der Waals surface area contributed by atoms with Gasteiger partial charge in [0, 0.05) is 10.5 Å². The van der Waals surface area contributed by atoms with Crippen LogP contribution in [0.5, 0.6) is 0 Å². The molecule has 0 heterocycles. The van der Waals surface area contributed by atoms with E-state index in [-0.39, 0.29) is 5.69 Å². The van der Waals surface area contributed by atoms with Gasteiger partial charge in [-0.3, -0.25) is 0 Å². The molecule has 17 heavy (non-hydrogen) atoms. The Balaban J connectivity index is 2.37. The third kappa shape index (κ3) is 2.74. The van der Waals surface area contributed by atoms with E-state index in [2.05, 4.69) is 21.2 Å². The van der Waals surface area contributed by atoms with E-state index in [1.165, 1.54) is 0 Å². The first-order chi connectivity index (χ1) is 8.06. The summed E-state index contributed by atoms with van der Waals surface area (Å²) >= 11 is 3.28. The molecule has 2 aromatic carbocycles. The summed E-state index contributed by atoms with van der Waals surface area (Å²) in [5.74, 6) is -1.05. The van der Waals surface area contributed by atoms with Crippen molar-refractivity contribution in [1.29, 1.82) is 0 Å². The zero-order chi connectivity index (χ0) is 12.4. The second-order valence-corrected chi connectivity index (χ2v) is 4.40. The fraction of sp³-hybridized carbons (Fsp3) is 0. The minimum atomic E-state index is -0.536. The van der Waals surface area contributed by atoms with Crippen LogP contribution in [0.25, 0.3) is 0 Å². The van der Waals surface area contributed by atoms with Crippen LogP contribution in [0.15, 0.2) is 40.9 Å². The summed E-state index contributed by atoms with van der Waals surface area (Å²) in [6.07, 6.45) is 0. The first-order valence-electron chi connectivity index (χ1n) is 4.83. The maximum atomic E-state index is 13.4. The van der Waals surface area contributed by atoms with Crippen LogP contribution in [0.2, 0.25) is 0 Å². The summed E-state index contributed by atoms with van der Waals surface area (Å²) in [7, 11) is 0. The van der Waals surface area contributed by atoms with Crippen LogP contribution >= 0.6 is 15.9 Å². The summed E-state index contributed by atoms with van der Waals surface area (Å²) in [4.78, 5) is 0. The Hall–Kier alpha value is -1.62. The minimum absolute atomic E-state index is 0.0507. The van der Waals surface area contributed by atoms with Crippen LogP contribution in [0.3, 0.4) is 0 Å². The fourth-order valence-electron chi connectivity index (χ4n) is 1.38. The number of halogens is 3. The van der Waals surface area contributed by atoms with E-state index in [1.807, 2.05) is 0 Å². The number of nitrogens with one attached hydrogen (secondary N) is 1. The van der Waals surface area contributed by atoms with Crippen molar-refractivity contribution in [1.82, 2.24) is 0 Å². The Kier molecular flexibility index (Phi) is 3.28. The Labute approximate surface area is 106 Å². The Morgan fingerprint density at radius 3 is 2.53 bits per heavy atom. The predicted octanol–water partition coefficient (Wildman–Crippen LogP) is 4.05. The zero-order valence-corrected chi connectivity index (χ0v) is 10.3. The lowest BCUT2D eigenvalue weighted by Crippen LogP contribution is -1.98. The zero-order valence-electron chi connectivity index (χ0n) is 8.68. The minimum Gasteiger partial charge on any atom is -0.397 e. The van der Waals surface area contributed by atoms with Crippen LogP contribution < -0.4 is 11.1 Å². The van der Waals surface area contributed by atoms with Crippen molar-refractivity contribution < 1.29 is 8.78 Å². The molecule has 0 bridgehead atoms. The molecule has 0 saturated heterocycles. The molecule has 0 unspecified atom stereocenters. The van der Waals surface area contributed by atoms with Gasteiger partial charge in [-0.15, -0.1) is 0 Å². The van der Waals surface area contributed by atoms with Crippen LogP contribution in [0, 0.1) is 11.6 Å². The van der Waals surface area contributed by atoms with E-state index < -0.39 is 11.6 Å². The summed E-state index contributed by atoms with van der Waals surface area (Å²) in [5.41, 5.74) is 6.75. The van der Waals surface area contributed by atoms with Crippen LogP contribution in [0.4, 0.5) is 25.8 Å². The topological polar surface area (TPSA) is 38.0 Å². The maximum absolute atomic E-state index is 13.4. The average molecular weight is 299 g/mol. The number of anilines is 3. The number of hydrogen-bond donors (Lipinski definition) is 2. The molecule has 0 spiro atoms. The quantitative estimate of drug-likeness (QED) is 0.821. The number of rotatable bonds is 2. The molecule has 0 aliphatic heterocycles. The van der Waals surface area contributed by atoms with E-state index in [1.54, 1.807) is 18.2 Å². The lowest BCUT2D eigenvalue weighted by molar-refractivity contribution is 0.603. The average Bonchev–Trinajstić information content (AvgIpc) is 2.28. The van der Waals surface area contributed by atoms with Crippen molar-refractivity contribution in [3.05, 3.63) is 52.5 Å². The van der Waals surface area contributed by atoms with E-state index in [4.69, 9.17) is 5.73 Å². The summed E-state index contributed by atoms with van der Waals surface area (Å²) in [6, 6.07) is 8.33. The molecule has 0 saturated carbocycles. The van der Waals surface area contributed by atoms with Gasteiger partial charge in [0.25, 0.3) is 0 Å². The van der Waals surface area contributed by atoms with Gasteiger partial charge < -0.3 is 11.1 Å². The number of nitrogen functional groups attached to an aromatic ring is 1. The summed E-state index contributed by atoms with van der Waals surface area (Å²) < 4.78 is 27.2. The van der Waals surface area contributed by atoms with E-state index in [9.17, 15) is 8.78 Å². The van der Waals surface area contributed by atoms with Crippen molar-refractivity contribution in [2.75, 3.05) is 11.1 Å². The SMILES string of the molecule is Nc1ccc(Br)cc1Nc1cc(F)ccc1F. The Bertz CT molecular complexity index is 509. The third-order valence-electron chi connectivity index (χ3n) is 2.21. The highest BCUT2D eigenvalue weighted by molar-refractivity contribution is 9.10. The van der Waals surface area contributed by atoms with E-state index in [0.717, 1.165) is 22.7 Å². The molecule has 0 atom stereocenters. The largest absolute Gasteiger partial charge is 0.397 e. The monoisotopic (exact) mass is 298 g/mol. The van der Waals surface area contributed by atoms with Crippen molar-refractivity contribution in [2.45, 2.75) is 0 Å². The van der Waals surface area contributed by atoms with Crippen LogP contribution in [0.1, 0.15) is 0 Å². The number of hydrogen-bond acceptors (Lipinski definition) is 2. The van der Waals surface area contributed by atoms with Gasteiger partial charge >= 0.3 is 0 Å². The molecule has 0 aliphatic rings. The van der Waals surface area contributed by atoms with Gasteiger partial charge in [0.05, 0.1) is 17.1 Å². The van der Waals surface area contributed by atoms with Crippen molar-refractivity contribution in [3.63, 3.8) is 0 Å². The first-order valence-corrected chi connectivity index (χ1v) is 5.62. The Morgan fingerprint density at radius 1 is 1.00 bits per heavy atom. The molecule has 2 rings (SSSR count). The first kappa shape index (κ1) is 11.9. The van der Waals surface area contributed by atoms with Gasteiger partial charge in [-0.1, -0.05) is 15.9 Å². The predicted molar refractivity (Wildman–Crippen MR) is 68.2 cm³/mol. The third-order valence-corrected chi connectivity index (χ3v) is 2.71. The second-order valence-electron chi connectivity index (χ2n) is 3.48. The molecular formula is C12H9BrF2N2. The van der Waals surface area contributed by atoms with Gasteiger partial charge in [-0.2, -0.15) is 0 Å². The van der Waals surface area contributed by atoms with E-state index >= 15 is 0 Å². The van der Waals surface area contributed by atoms with Crippen LogP contribution in [-0.4, -0.2) is 0 Å². The van der Waals surface area contributed by atoms with Crippen molar-refractivity contribution in [2.24, 2.45) is 0 Å². The molecule has 88 valence electrons. The molecule has 0 fully saturated rings. The number of nitrogens with two attached hydrogens (primary N) is 1. The molecule has 0 amide bonds. The van der Waals surface area contributed by atoms with Gasteiger partial charge in [0.1, 0.15) is 11.6 Å². The van der Waals surface area contributed by atoms with Gasteiger partial charge in [-0.05, 0) is 30.3 Å². The van der Waals surface area contributed by atoms with Gasteiger partial charge in [0.15, 0.2) is 0 Å². The molecule has 3 N–H and O–H groups in total. The number of benzene rings is 2. The lowest BCUT2D eigenvalue weighted by atomic mass is 10.2. The molecule has 0 radical (unpaired) electrons. The van der Waals surface area contributed by atoms with Crippen LogP contribution in [-0.2, 0) is 0 Å². The smallest absolute Gasteiger partial charge is 0.146 e. The molecule has 5 heteroatoms. The summed E-state index contributed by atoms with van der Waals surface area (Å²) in [6.45, 7) is 0. The highest BCUT2D eigenvalue weighted by Gasteiger charge is 2.06. The molecule has 2 aromatic rings. The van der Waals surface area contributed by atoms with Crippen molar-refractivity contribution in [3.8, 4) is 0 Å². The maximum Gasteiger partial charge on any atom is 0.146 e. The molecular weight excluding hydrogens is 290 g/mol. The second kappa shape index (κ2) is 4.71. The normalized spacial score (nSPS) is 10.3. The fourth-order valence-corrected chi connectivity index (χ4v) is 1.74. The molecule has 0 aliphatic carbocycles. The van der Waals surface area contributed by atoms with Gasteiger partial charge in [-0.25, -0.2) is 8.78 Å². The molecule has 0 aromatic heterocycles. The molecule has 2 nitrogen and oxygen atoms in total.